The normalized spacial score (nSPS) is 10.5. The maximum Gasteiger partial charge on any atom is 0.407 e. The minimum absolute atomic E-state index is 0.106. The first-order valence-corrected chi connectivity index (χ1v) is 8.11. The summed E-state index contributed by atoms with van der Waals surface area (Å²) in [6.07, 6.45) is -0.532. The summed E-state index contributed by atoms with van der Waals surface area (Å²) in [4.78, 5) is 16.2. The predicted molar refractivity (Wildman–Crippen MR) is 94.3 cm³/mol. The molecular formula is C19H19N3O4. The Morgan fingerprint density at radius 2 is 1.92 bits per heavy atom. The van der Waals surface area contributed by atoms with E-state index in [1.807, 2.05) is 30.3 Å². The third-order valence-corrected chi connectivity index (χ3v) is 3.90. The number of aromatic nitrogens is 2. The second-order valence-electron chi connectivity index (χ2n) is 5.79. The van der Waals surface area contributed by atoms with E-state index in [-0.39, 0.29) is 18.9 Å². The molecule has 2 N–H and O–H groups in total. The van der Waals surface area contributed by atoms with E-state index in [1.54, 1.807) is 26.0 Å². The van der Waals surface area contributed by atoms with Gasteiger partial charge in [-0.2, -0.15) is 0 Å². The van der Waals surface area contributed by atoms with Gasteiger partial charge in [-0.05, 0) is 31.5 Å². The quantitative estimate of drug-likeness (QED) is 0.729. The van der Waals surface area contributed by atoms with E-state index >= 15 is 0 Å². The Bertz CT molecular complexity index is 906. The van der Waals surface area contributed by atoms with Crippen LogP contribution in [-0.2, 0) is 17.9 Å². The summed E-state index contributed by atoms with van der Waals surface area (Å²) < 4.78 is 10.5. The van der Waals surface area contributed by atoms with Crippen LogP contribution in [0.3, 0.4) is 0 Å². The van der Waals surface area contributed by atoms with E-state index in [1.165, 1.54) is 0 Å². The lowest BCUT2D eigenvalue weighted by atomic mass is 10.1. The number of rotatable bonds is 5. The molecule has 26 heavy (non-hydrogen) atoms. The summed E-state index contributed by atoms with van der Waals surface area (Å²) in [6, 6.07) is 12.6. The van der Waals surface area contributed by atoms with Crippen molar-refractivity contribution in [2.75, 3.05) is 0 Å². The molecule has 7 heteroatoms. The zero-order valence-corrected chi connectivity index (χ0v) is 14.5. The number of amides is 1. The number of aryl methyl sites for hydroxylation is 2. The lowest BCUT2D eigenvalue weighted by Gasteiger charge is -2.08. The Morgan fingerprint density at radius 1 is 1.15 bits per heavy atom. The van der Waals surface area contributed by atoms with Crippen LogP contribution in [0.5, 0.6) is 5.75 Å². The number of nitrogens with zero attached hydrogens (tertiary/aromatic N) is 2. The van der Waals surface area contributed by atoms with E-state index in [0.717, 1.165) is 5.56 Å². The largest absolute Gasteiger partial charge is 0.506 e. The maximum absolute atomic E-state index is 11.9. The van der Waals surface area contributed by atoms with Crippen molar-refractivity contribution < 1.29 is 19.2 Å². The summed E-state index contributed by atoms with van der Waals surface area (Å²) in [7, 11) is 0. The highest BCUT2D eigenvalue weighted by atomic mass is 16.5. The minimum Gasteiger partial charge on any atom is -0.506 e. The molecule has 3 rings (SSSR count). The Hall–Kier alpha value is -3.35. The molecule has 0 radical (unpaired) electrons. The van der Waals surface area contributed by atoms with Gasteiger partial charge in [-0.1, -0.05) is 35.5 Å². The van der Waals surface area contributed by atoms with Crippen molar-refractivity contribution >= 4 is 6.09 Å². The van der Waals surface area contributed by atoms with Crippen molar-refractivity contribution in [1.82, 2.24) is 15.5 Å². The van der Waals surface area contributed by atoms with Crippen LogP contribution in [-0.4, -0.2) is 21.3 Å². The number of hydrogen-bond acceptors (Lipinski definition) is 6. The van der Waals surface area contributed by atoms with Gasteiger partial charge in [-0.25, -0.2) is 9.78 Å². The second kappa shape index (κ2) is 7.69. The predicted octanol–water partition coefficient (Wildman–Crippen LogP) is 3.49. The maximum atomic E-state index is 11.9. The van der Waals surface area contributed by atoms with Crippen LogP contribution < -0.4 is 5.32 Å². The molecule has 0 aliphatic heterocycles. The lowest BCUT2D eigenvalue weighted by molar-refractivity contribution is 0.139. The number of pyridine rings is 1. The molecule has 3 aromatic rings. The first-order valence-electron chi connectivity index (χ1n) is 8.11. The number of carbonyl (C=O) groups is 1. The van der Waals surface area contributed by atoms with Gasteiger partial charge in [0.2, 0.25) is 0 Å². The molecule has 0 atom stereocenters. The highest BCUT2D eigenvalue weighted by Gasteiger charge is 2.18. The molecule has 134 valence electrons. The monoisotopic (exact) mass is 353 g/mol. The summed E-state index contributed by atoms with van der Waals surface area (Å²) in [5.41, 5.74) is 3.29. The molecule has 0 bridgehead atoms. The fourth-order valence-electron chi connectivity index (χ4n) is 2.41. The van der Waals surface area contributed by atoms with Gasteiger partial charge >= 0.3 is 6.09 Å². The van der Waals surface area contributed by atoms with Crippen LogP contribution in [0.4, 0.5) is 4.79 Å². The van der Waals surface area contributed by atoms with Crippen LogP contribution in [0.1, 0.15) is 22.5 Å². The number of carbonyl (C=O) groups excluding carboxylic acids is 1. The smallest absolute Gasteiger partial charge is 0.407 e. The molecule has 2 aromatic heterocycles. The molecule has 7 nitrogen and oxygen atoms in total. The average Bonchev–Trinajstić information content (AvgIpc) is 3.02. The number of aromatic hydroxyl groups is 1. The Labute approximate surface area is 150 Å². The molecular weight excluding hydrogens is 334 g/mol. The van der Waals surface area contributed by atoms with Gasteiger partial charge in [-0.15, -0.1) is 0 Å². The minimum atomic E-state index is -0.532. The van der Waals surface area contributed by atoms with Crippen molar-refractivity contribution in [3.63, 3.8) is 0 Å². The van der Waals surface area contributed by atoms with Gasteiger partial charge in [-0.3, -0.25) is 0 Å². The number of nitrogens with one attached hydrogen (secondary N) is 1. The molecule has 0 fully saturated rings. The van der Waals surface area contributed by atoms with Gasteiger partial charge in [0.25, 0.3) is 0 Å². The Morgan fingerprint density at radius 3 is 2.65 bits per heavy atom. The van der Waals surface area contributed by atoms with Crippen molar-refractivity contribution in [2.24, 2.45) is 0 Å². The number of alkyl carbamates (subject to hydrolysis) is 1. The van der Waals surface area contributed by atoms with Crippen LogP contribution in [0, 0.1) is 13.8 Å². The zero-order valence-electron chi connectivity index (χ0n) is 14.5. The number of ether oxygens (including phenoxy) is 1. The van der Waals surface area contributed by atoms with E-state index in [9.17, 15) is 9.90 Å². The van der Waals surface area contributed by atoms with Crippen molar-refractivity contribution in [3.8, 4) is 17.2 Å². The van der Waals surface area contributed by atoms with Crippen LogP contribution >= 0.6 is 0 Å². The van der Waals surface area contributed by atoms with Gasteiger partial charge < -0.3 is 19.7 Å². The molecule has 0 spiro atoms. The molecule has 0 saturated heterocycles. The summed E-state index contributed by atoms with van der Waals surface area (Å²) in [6.45, 7) is 3.87. The molecule has 0 aliphatic rings. The Kier molecular flexibility index (Phi) is 5.17. The van der Waals surface area contributed by atoms with E-state index in [0.29, 0.717) is 28.4 Å². The SMILES string of the molecule is Cc1nc(-c2onc(C)c2CNC(=O)OCc2ccccc2)ccc1O. The third kappa shape index (κ3) is 4.00. The van der Waals surface area contributed by atoms with Gasteiger partial charge in [0.05, 0.1) is 17.9 Å². The fourth-order valence-corrected chi connectivity index (χ4v) is 2.41. The van der Waals surface area contributed by atoms with Crippen LogP contribution in [0.25, 0.3) is 11.5 Å². The summed E-state index contributed by atoms with van der Waals surface area (Å²) in [5, 5.41) is 16.3. The molecule has 1 amide bonds. The topological polar surface area (TPSA) is 97.5 Å². The molecule has 0 aliphatic carbocycles. The van der Waals surface area contributed by atoms with Crippen LogP contribution in [0.2, 0.25) is 0 Å². The first-order chi connectivity index (χ1) is 12.5. The van der Waals surface area contributed by atoms with E-state index in [4.69, 9.17) is 9.26 Å². The summed E-state index contributed by atoms with van der Waals surface area (Å²) in [5.74, 6) is 0.558. The van der Waals surface area contributed by atoms with E-state index < -0.39 is 6.09 Å². The summed E-state index contributed by atoms with van der Waals surface area (Å²) >= 11 is 0. The zero-order chi connectivity index (χ0) is 18.5. The first kappa shape index (κ1) is 17.5. The van der Waals surface area contributed by atoms with Crippen LogP contribution in [0.15, 0.2) is 47.0 Å². The fraction of sp³-hybridized carbons (Fsp3) is 0.211. The average molecular weight is 353 g/mol. The van der Waals surface area contributed by atoms with Gasteiger partial charge in [0.1, 0.15) is 18.1 Å². The highest BCUT2D eigenvalue weighted by Crippen LogP contribution is 2.27. The van der Waals surface area contributed by atoms with Gasteiger partial charge in [0, 0.05) is 5.56 Å². The van der Waals surface area contributed by atoms with Crippen molar-refractivity contribution in [1.29, 1.82) is 0 Å². The number of benzene rings is 1. The molecule has 2 heterocycles. The molecule has 0 unspecified atom stereocenters. The standard InChI is InChI=1S/C19H19N3O4/c1-12-15(10-20-19(24)25-11-14-6-4-3-5-7-14)18(26-22-12)16-8-9-17(23)13(2)21-16/h3-9,23H,10-11H2,1-2H3,(H,20,24). The van der Waals surface area contributed by atoms with E-state index in [2.05, 4.69) is 15.5 Å². The van der Waals surface area contributed by atoms with Gasteiger partial charge in [0.15, 0.2) is 5.76 Å². The second-order valence-corrected chi connectivity index (χ2v) is 5.79. The highest BCUT2D eigenvalue weighted by molar-refractivity contribution is 5.68. The van der Waals surface area contributed by atoms with Crippen molar-refractivity contribution in [2.45, 2.75) is 27.0 Å². The van der Waals surface area contributed by atoms with Crippen molar-refractivity contribution in [3.05, 3.63) is 65.0 Å². The molecule has 0 saturated carbocycles. The third-order valence-electron chi connectivity index (χ3n) is 3.90. The Balaban J connectivity index is 1.65. The lowest BCUT2D eigenvalue weighted by Crippen LogP contribution is -2.24. The molecule has 1 aromatic carbocycles. The number of hydrogen-bond donors (Lipinski definition) is 2.